The zero-order valence-corrected chi connectivity index (χ0v) is 13.7. The predicted octanol–water partition coefficient (Wildman–Crippen LogP) is 2.15. The summed E-state index contributed by atoms with van der Waals surface area (Å²) in [4.78, 5) is 36.6. The topological polar surface area (TPSA) is 98.7 Å². The van der Waals surface area contributed by atoms with Crippen molar-refractivity contribution in [1.82, 2.24) is 10.2 Å². The fraction of sp³-hybridized carbons (Fsp3) is 0.471. The highest BCUT2D eigenvalue weighted by atomic mass is 16.4. The van der Waals surface area contributed by atoms with Crippen LogP contribution in [-0.2, 0) is 4.79 Å². The number of likely N-dealkylation sites (tertiary alicyclic amines) is 1. The molecule has 7 nitrogen and oxygen atoms in total. The fourth-order valence-electron chi connectivity index (χ4n) is 2.61. The van der Waals surface area contributed by atoms with Gasteiger partial charge in [-0.05, 0) is 43.5 Å². The van der Waals surface area contributed by atoms with E-state index >= 15 is 0 Å². The molecule has 3 amide bonds. The van der Waals surface area contributed by atoms with Gasteiger partial charge in [-0.3, -0.25) is 9.59 Å². The average molecular weight is 333 g/mol. The van der Waals surface area contributed by atoms with E-state index < -0.39 is 11.9 Å². The largest absolute Gasteiger partial charge is 0.481 e. The molecule has 24 heavy (non-hydrogen) atoms. The number of urea groups is 1. The summed E-state index contributed by atoms with van der Waals surface area (Å²) < 4.78 is 0. The first kappa shape index (κ1) is 17.8. The number of aliphatic carboxylic acids is 1. The second-order valence-corrected chi connectivity index (χ2v) is 5.89. The Morgan fingerprint density at radius 2 is 1.96 bits per heavy atom. The van der Waals surface area contributed by atoms with E-state index in [4.69, 9.17) is 5.11 Å². The van der Waals surface area contributed by atoms with Crippen LogP contribution in [0.25, 0.3) is 0 Å². The van der Waals surface area contributed by atoms with Crippen molar-refractivity contribution in [2.45, 2.75) is 26.2 Å². The molecule has 1 aromatic carbocycles. The molecule has 0 spiro atoms. The molecule has 3 N–H and O–H groups in total. The van der Waals surface area contributed by atoms with Gasteiger partial charge in [-0.25, -0.2) is 4.79 Å². The van der Waals surface area contributed by atoms with Crippen molar-refractivity contribution in [3.05, 3.63) is 29.8 Å². The summed E-state index contributed by atoms with van der Waals surface area (Å²) in [7, 11) is 0. The van der Waals surface area contributed by atoms with Crippen molar-refractivity contribution >= 4 is 23.6 Å². The lowest BCUT2D eigenvalue weighted by Crippen LogP contribution is -2.44. The number of nitrogens with one attached hydrogen (secondary N) is 2. The number of carbonyl (C=O) groups is 3. The second kappa shape index (κ2) is 8.33. The van der Waals surface area contributed by atoms with Gasteiger partial charge in [0.05, 0.1) is 5.92 Å². The van der Waals surface area contributed by atoms with Crippen molar-refractivity contribution in [2.24, 2.45) is 5.92 Å². The summed E-state index contributed by atoms with van der Waals surface area (Å²) in [5.41, 5.74) is 1.11. The molecule has 7 heteroatoms. The Morgan fingerprint density at radius 1 is 1.25 bits per heavy atom. The average Bonchev–Trinajstić information content (AvgIpc) is 2.60. The number of benzene rings is 1. The third-order valence-corrected chi connectivity index (χ3v) is 3.99. The standard InChI is InChI=1S/C17H23N3O4/c1-2-9-18-15(21)12-5-7-14(8-6-12)19-17(24)20-10-3-4-13(11-20)16(22)23/h5-8,13H,2-4,9-11H2,1H3,(H,18,21)(H,19,24)(H,22,23). The molecule has 0 aromatic heterocycles. The molecule has 0 radical (unpaired) electrons. The number of piperidine rings is 1. The van der Waals surface area contributed by atoms with E-state index in [1.54, 1.807) is 24.3 Å². The van der Waals surface area contributed by atoms with Crippen molar-refractivity contribution in [3.8, 4) is 0 Å². The van der Waals surface area contributed by atoms with Gasteiger partial charge in [-0.15, -0.1) is 0 Å². The molecule has 1 saturated heterocycles. The number of hydrogen-bond donors (Lipinski definition) is 3. The van der Waals surface area contributed by atoms with Crippen LogP contribution in [0.15, 0.2) is 24.3 Å². The number of rotatable bonds is 5. The summed E-state index contributed by atoms with van der Waals surface area (Å²) in [5, 5.41) is 14.6. The molecule has 130 valence electrons. The van der Waals surface area contributed by atoms with Gasteiger partial charge in [0.1, 0.15) is 0 Å². The first-order valence-corrected chi connectivity index (χ1v) is 8.18. The maximum atomic E-state index is 12.2. The number of anilines is 1. The van der Waals surface area contributed by atoms with E-state index in [1.165, 1.54) is 4.90 Å². The molecular formula is C17H23N3O4. The van der Waals surface area contributed by atoms with Gasteiger partial charge < -0.3 is 20.6 Å². The van der Waals surface area contributed by atoms with Crippen LogP contribution in [0.1, 0.15) is 36.5 Å². The maximum absolute atomic E-state index is 12.2. The third kappa shape index (κ3) is 4.71. The third-order valence-electron chi connectivity index (χ3n) is 3.99. The Kier molecular flexibility index (Phi) is 6.17. The number of carboxylic acids is 1. The van der Waals surface area contributed by atoms with E-state index in [2.05, 4.69) is 10.6 Å². The number of carbonyl (C=O) groups excluding carboxylic acids is 2. The molecule has 1 aliphatic rings. The summed E-state index contributed by atoms with van der Waals surface area (Å²) in [6, 6.07) is 6.31. The van der Waals surface area contributed by atoms with Gasteiger partial charge in [-0.1, -0.05) is 6.92 Å². The number of amides is 3. The SMILES string of the molecule is CCCNC(=O)c1ccc(NC(=O)N2CCCC(C(=O)O)C2)cc1. The molecule has 1 aliphatic heterocycles. The van der Waals surface area contributed by atoms with Crippen LogP contribution < -0.4 is 10.6 Å². The van der Waals surface area contributed by atoms with E-state index in [1.807, 2.05) is 6.92 Å². The Hall–Kier alpha value is -2.57. The highest BCUT2D eigenvalue weighted by Crippen LogP contribution is 2.18. The molecule has 0 bridgehead atoms. The van der Waals surface area contributed by atoms with Crippen molar-refractivity contribution in [3.63, 3.8) is 0 Å². The van der Waals surface area contributed by atoms with Gasteiger partial charge in [0.25, 0.3) is 5.91 Å². The molecule has 1 atom stereocenters. The lowest BCUT2D eigenvalue weighted by atomic mass is 9.99. The van der Waals surface area contributed by atoms with E-state index in [0.717, 1.165) is 6.42 Å². The molecule has 1 unspecified atom stereocenters. The van der Waals surface area contributed by atoms with Crippen LogP contribution >= 0.6 is 0 Å². The number of hydrogen-bond acceptors (Lipinski definition) is 3. The summed E-state index contributed by atoms with van der Waals surface area (Å²) in [6.07, 6.45) is 2.15. The Labute approximate surface area is 141 Å². The zero-order valence-electron chi connectivity index (χ0n) is 13.7. The molecule has 1 fully saturated rings. The lowest BCUT2D eigenvalue weighted by Gasteiger charge is -2.30. The highest BCUT2D eigenvalue weighted by molar-refractivity contribution is 5.95. The van der Waals surface area contributed by atoms with Crippen molar-refractivity contribution in [2.75, 3.05) is 25.0 Å². The fourth-order valence-corrected chi connectivity index (χ4v) is 2.61. The zero-order chi connectivity index (χ0) is 17.5. The van der Waals surface area contributed by atoms with Crippen LogP contribution in [0.2, 0.25) is 0 Å². The molecular weight excluding hydrogens is 310 g/mol. The van der Waals surface area contributed by atoms with Crippen molar-refractivity contribution in [1.29, 1.82) is 0 Å². The first-order chi connectivity index (χ1) is 11.5. The molecule has 1 heterocycles. The van der Waals surface area contributed by atoms with Crippen LogP contribution in [0.3, 0.4) is 0 Å². The van der Waals surface area contributed by atoms with Gasteiger partial charge in [0.15, 0.2) is 0 Å². The minimum atomic E-state index is -0.866. The van der Waals surface area contributed by atoms with Crippen molar-refractivity contribution < 1.29 is 19.5 Å². The summed E-state index contributed by atoms with van der Waals surface area (Å²) in [5.74, 6) is -1.51. The van der Waals surface area contributed by atoms with Crippen LogP contribution in [-0.4, -0.2) is 47.5 Å². The normalized spacial score (nSPS) is 17.2. The highest BCUT2D eigenvalue weighted by Gasteiger charge is 2.28. The molecule has 0 aliphatic carbocycles. The Morgan fingerprint density at radius 3 is 2.58 bits per heavy atom. The monoisotopic (exact) mass is 333 g/mol. The number of nitrogens with zero attached hydrogens (tertiary/aromatic N) is 1. The molecule has 2 rings (SSSR count). The Bertz CT molecular complexity index is 600. The molecule has 1 aromatic rings. The minimum absolute atomic E-state index is 0.143. The van der Waals surface area contributed by atoms with Gasteiger partial charge in [0.2, 0.25) is 0 Å². The first-order valence-electron chi connectivity index (χ1n) is 8.18. The van der Waals surface area contributed by atoms with Gasteiger partial charge in [0, 0.05) is 30.9 Å². The van der Waals surface area contributed by atoms with Gasteiger partial charge in [-0.2, -0.15) is 0 Å². The number of carboxylic acid groups (broad SMARTS) is 1. The smallest absolute Gasteiger partial charge is 0.321 e. The minimum Gasteiger partial charge on any atom is -0.481 e. The van der Waals surface area contributed by atoms with E-state index in [0.29, 0.717) is 37.2 Å². The quantitative estimate of drug-likeness (QED) is 0.769. The van der Waals surface area contributed by atoms with E-state index in [9.17, 15) is 14.4 Å². The predicted molar refractivity (Wildman–Crippen MR) is 90.0 cm³/mol. The Balaban J connectivity index is 1.92. The van der Waals surface area contributed by atoms with Crippen LogP contribution in [0.4, 0.5) is 10.5 Å². The lowest BCUT2D eigenvalue weighted by molar-refractivity contribution is -0.143. The second-order valence-electron chi connectivity index (χ2n) is 5.89. The maximum Gasteiger partial charge on any atom is 0.321 e. The molecule has 0 saturated carbocycles. The van der Waals surface area contributed by atoms with Crippen LogP contribution in [0, 0.1) is 5.92 Å². The summed E-state index contributed by atoms with van der Waals surface area (Å²) in [6.45, 7) is 3.37. The van der Waals surface area contributed by atoms with Gasteiger partial charge >= 0.3 is 12.0 Å². The van der Waals surface area contributed by atoms with Crippen LogP contribution in [0.5, 0.6) is 0 Å². The van der Waals surface area contributed by atoms with E-state index in [-0.39, 0.29) is 18.5 Å². The summed E-state index contributed by atoms with van der Waals surface area (Å²) >= 11 is 0.